The van der Waals surface area contributed by atoms with Crippen molar-refractivity contribution < 1.29 is 18.6 Å². The SMILES string of the molecule is N=C(N)c1ccc(OCCN(CCO)CC(F)F)cc1. The highest BCUT2D eigenvalue weighted by atomic mass is 19.3. The normalized spacial score (nSPS) is 11.1. The molecule has 112 valence electrons. The van der Waals surface area contributed by atoms with E-state index in [1.807, 2.05) is 0 Å². The Hall–Kier alpha value is -1.73. The molecule has 1 aromatic carbocycles. The summed E-state index contributed by atoms with van der Waals surface area (Å²) in [5, 5.41) is 16.0. The van der Waals surface area contributed by atoms with E-state index >= 15 is 0 Å². The third-order valence-corrected chi connectivity index (χ3v) is 2.65. The summed E-state index contributed by atoms with van der Waals surface area (Å²) >= 11 is 0. The molecule has 0 atom stereocenters. The number of nitrogen functional groups attached to an aromatic ring is 1. The maximum atomic E-state index is 12.3. The number of aliphatic hydroxyl groups is 1. The Morgan fingerprint density at radius 1 is 1.30 bits per heavy atom. The molecule has 0 saturated heterocycles. The number of hydrogen-bond donors (Lipinski definition) is 3. The monoisotopic (exact) mass is 287 g/mol. The zero-order chi connectivity index (χ0) is 15.0. The summed E-state index contributed by atoms with van der Waals surface area (Å²) in [7, 11) is 0. The topological polar surface area (TPSA) is 82.6 Å². The van der Waals surface area contributed by atoms with Crippen LogP contribution in [0.1, 0.15) is 5.56 Å². The Labute approximate surface area is 116 Å². The molecule has 0 fully saturated rings. The zero-order valence-corrected chi connectivity index (χ0v) is 11.1. The molecule has 0 aliphatic rings. The van der Waals surface area contributed by atoms with Gasteiger partial charge in [-0.15, -0.1) is 0 Å². The molecule has 4 N–H and O–H groups in total. The number of benzene rings is 1. The van der Waals surface area contributed by atoms with Gasteiger partial charge in [-0.3, -0.25) is 10.3 Å². The number of nitrogens with two attached hydrogens (primary N) is 1. The number of amidine groups is 1. The number of alkyl halides is 2. The van der Waals surface area contributed by atoms with Crippen molar-refractivity contribution in [1.82, 2.24) is 4.90 Å². The Kier molecular flexibility index (Phi) is 6.89. The molecule has 0 heterocycles. The molecule has 0 spiro atoms. The molecule has 0 amide bonds. The second-order valence-electron chi connectivity index (χ2n) is 4.20. The Morgan fingerprint density at radius 2 is 1.95 bits per heavy atom. The lowest BCUT2D eigenvalue weighted by atomic mass is 10.2. The molecule has 20 heavy (non-hydrogen) atoms. The average molecular weight is 287 g/mol. The second-order valence-corrected chi connectivity index (χ2v) is 4.20. The maximum Gasteiger partial charge on any atom is 0.251 e. The van der Waals surface area contributed by atoms with Gasteiger partial charge in [-0.05, 0) is 24.3 Å². The van der Waals surface area contributed by atoms with Crippen molar-refractivity contribution in [2.24, 2.45) is 5.73 Å². The van der Waals surface area contributed by atoms with E-state index in [0.717, 1.165) is 0 Å². The Balaban J connectivity index is 2.39. The minimum Gasteiger partial charge on any atom is -0.492 e. The van der Waals surface area contributed by atoms with Gasteiger partial charge in [0.05, 0.1) is 13.2 Å². The summed E-state index contributed by atoms with van der Waals surface area (Å²) in [6, 6.07) is 6.64. The third-order valence-electron chi connectivity index (χ3n) is 2.65. The van der Waals surface area contributed by atoms with Crippen LogP contribution < -0.4 is 10.5 Å². The molecule has 1 rings (SSSR count). The van der Waals surface area contributed by atoms with Crippen LogP contribution in [0.3, 0.4) is 0 Å². The fraction of sp³-hybridized carbons (Fsp3) is 0.462. The second kappa shape index (κ2) is 8.44. The number of nitrogens with one attached hydrogen (secondary N) is 1. The van der Waals surface area contributed by atoms with Gasteiger partial charge in [0.1, 0.15) is 18.2 Å². The standard InChI is InChI=1S/C13H19F2N3O2/c14-12(15)9-18(5-7-19)6-8-20-11-3-1-10(2-4-11)13(16)17/h1-4,12,19H,5-9H2,(H3,16,17). The van der Waals surface area contributed by atoms with Crippen molar-refractivity contribution in [3.05, 3.63) is 29.8 Å². The molecule has 0 bridgehead atoms. The van der Waals surface area contributed by atoms with Gasteiger partial charge in [0, 0.05) is 18.7 Å². The van der Waals surface area contributed by atoms with E-state index < -0.39 is 6.43 Å². The van der Waals surface area contributed by atoms with Gasteiger partial charge in [0.25, 0.3) is 6.43 Å². The van der Waals surface area contributed by atoms with Gasteiger partial charge in [-0.25, -0.2) is 8.78 Å². The molecule has 0 unspecified atom stereocenters. The van der Waals surface area contributed by atoms with E-state index in [0.29, 0.717) is 17.9 Å². The van der Waals surface area contributed by atoms with E-state index in [1.54, 1.807) is 24.3 Å². The lowest BCUT2D eigenvalue weighted by Crippen LogP contribution is -2.35. The van der Waals surface area contributed by atoms with E-state index in [-0.39, 0.29) is 32.1 Å². The quantitative estimate of drug-likeness (QED) is 0.466. The fourth-order valence-electron chi connectivity index (χ4n) is 1.65. The van der Waals surface area contributed by atoms with E-state index in [4.69, 9.17) is 21.0 Å². The van der Waals surface area contributed by atoms with Crippen LogP contribution in [-0.2, 0) is 0 Å². The van der Waals surface area contributed by atoms with Crippen LogP contribution in [0.2, 0.25) is 0 Å². The number of nitrogens with zero attached hydrogens (tertiary/aromatic N) is 1. The largest absolute Gasteiger partial charge is 0.492 e. The summed E-state index contributed by atoms with van der Waals surface area (Å²) in [6.45, 7) is 0.190. The Morgan fingerprint density at radius 3 is 2.45 bits per heavy atom. The summed E-state index contributed by atoms with van der Waals surface area (Å²) in [5.74, 6) is 0.554. The van der Waals surface area contributed by atoms with E-state index in [2.05, 4.69) is 0 Å². The molecule has 7 heteroatoms. The van der Waals surface area contributed by atoms with Crippen molar-refractivity contribution in [2.45, 2.75) is 6.43 Å². The van der Waals surface area contributed by atoms with Crippen LogP contribution in [0.25, 0.3) is 0 Å². The number of ether oxygens (including phenoxy) is 1. The van der Waals surface area contributed by atoms with Crippen LogP contribution in [-0.4, -0.2) is 55.1 Å². The molecular weight excluding hydrogens is 268 g/mol. The van der Waals surface area contributed by atoms with Crippen LogP contribution in [0.15, 0.2) is 24.3 Å². The smallest absolute Gasteiger partial charge is 0.251 e. The van der Waals surface area contributed by atoms with Crippen molar-refractivity contribution in [3.63, 3.8) is 0 Å². The van der Waals surface area contributed by atoms with Gasteiger partial charge in [-0.2, -0.15) is 0 Å². The highest BCUT2D eigenvalue weighted by Crippen LogP contribution is 2.11. The number of aliphatic hydroxyl groups excluding tert-OH is 1. The molecule has 0 saturated carbocycles. The highest BCUT2D eigenvalue weighted by Gasteiger charge is 2.11. The molecule has 5 nitrogen and oxygen atoms in total. The predicted molar refractivity (Wildman–Crippen MR) is 72.5 cm³/mol. The van der Waals surface area contributed by atoms with Crippen molar-refractivity contribution in [2.75, 3.05) is 32.8 Å². The highest BCUT2D eigenvalue weighted by molar-refractivity contribution is 5.94. The average Bonchev–Trinajstić information content (AvgIpc) is 2.39. The number of hydrogen-bond acceptors (Lipinski definition) is 4. The molecule has 0 aromatic heterocycles. The summed E-state index contributed by atoms with van der Waals surface area (Å²) in [4.78, 5) is 1.44. The van der Waals surface area contributed by atoms with Gasteiger partial charge in [0.2, 0.25) is 0 Å². The van der Waals surface area contributed by atoms with Gasteiger partial charge in [-0.1, -0.05) is 0 Å². The van der Waals surface area contributed by atoms with Gasteiger partial charge in [0.15, 0.2) is 0 Å². The minimum atomic E-state index is -2.43. The molecule has 0 radical (unpaired) electrons. The number of halogens is 2. The maximum absolute atomic E-state index is 12.3. The molecular formula is C13H19F2N3O2. The lowest BCUT2D eigenvalue weighted by Gasteiger charge is -2.20. The van der Waals surface area contributed by atoms with Crippen LogP contribution in [0.4, 0.5) is 8.78 Å². The van der Waals surface area contributed by atoms with Crippen molar-refractivity contribution in [3.8, 4) is 5.75 Å². The predicted octanol–water partition coefficient (Wildman–Crippen LogP) is 0.909. The first kappa shape index (κ1) is 16.3. The minimum absolute atomic E-state index is 0.0254. The van der Waals surface area contributed by atoms with Crippen LogP contribution in [0, 0.1) is 5.41 Å². The Bertz CT molecular complexity index is 413. The van der Waals surface area contributed by atoms with Crippen LogP contribution >= 0.6 is 0 Å². The molecule has 1 aromatic rings. The summed E-state index contributed by atoms with van der Waals surface area (Å²) in [6.07, 6.45) is -2.43. The summed E-state index contributed by atoms with van der Waals surface area (Å²) in [5.41, 5.74) is 5.92. The van der Waals surface area contributed by atoms with E-state index in [9.17, 15) is 8.78 Å². The number of rotatable bonds is 9. The van der Waals surface area contributed by atoms with Crippen molar-refractivity contribution >= 4 is 5.84 Å². The summed E-state index contributed by atoms with van der Waals surface area (Å²) < 4.78 is 30.0. The fourth-order valence-corrected chi connectivity index (χ4v) is 1.65. The van der Waals surface area contributed by atoms with E-state index in [1.165, 1.54) is 4.90 Å². The van der Waals surface area contributed by atoms with Crippen LogP contribution in [0.5, 0.6) is 5.75 Å². The first-order valence-electron chi connectivity index (χ1n) is 6.21. The third kappa shape index (κ3) is 5.94. The first-order chi connectivity index (χ1) is 9.52. The van der Waals surface area contributed by atoms with Gasteiger partial charge >= 0.3 is 0 Å². The van der Waals surface area contributed by atoms with Crippen molar-refractivity contribution in [1.29, 1.82) is 5.41 Å². The molecule has 0 aliphatic heterocycles. The first-order valence-corrected chi connectivity index (χ1v) is 6.21. The molecule has 0 aliphatic carbocycles. The zero-order valence-electron chi connectivity index (χ0n) is 11.1. The van der Waals surface area contributed by atoms with Gasteiger partial charge < -0.3 is 15.6 Å². The lowest BCUT2D eigenvalue weighted by molar-refractivity contribution is 0.0709.